The molecule has 4 heteroatoms. The zero-order valence-corrected chi connectivity index (χ0v) is 10.3. The second kappa shape index (κ2) is 4.96. The number of hydrogen-bond acceptors (Lipinski definition) is 4. The molecule has 0 aliphatic rings. The molecule has 1 heterocycles. The van der Waals surface area contributed by atoms with Gasteiger partial charge in [-0.2, -0.15) is 0 Å². The van der Waals surface area contributed by atoms with Gasteiger partial charge in [0.15, 0.2) is 0 Å². The Hall–Kier alpha value is -2.59. The van der Waals surface area contributed by atoms with Crippen molar-refractivity contribution in [3.63, 3.8) is 0 Å². The number of nitrogens with zero attached hydrogens (tertiary/aromatic N) is 1. The molecule has 3 rings (SSSR count). The van der Waals surface area contributed by atoms with E-state index in [9.17, 15) is 0 Å². The maximum Gasteiger partial charge on any atom is 0.142 e. The zero-order valence-electron chi connectivity index (χ0n) is 10.3. The molecule has 0 bridgehead atoms. The third-order valence-corrected chi connectivity index (χ3v) is 2.92. The predicted molar refractivity (Wildman–Crippen MR) is 79.3 cm³/mol. The lowest BCUT2D eigenvalue weighted by molar-refractivity contribution is 1.22. The van der Waals surface area contributed by atoms with E-state index in [4.69, 9.17) is 5.84 Å². The van der Waals surface area contributed by atoms with Gasteiger partial charge in [-0.3, -0.25) is 0 Å². The van der Waals surface area contributed by atoms with Crippen molar-refractivity contribution < 1.29 is 0 Å². The SMILES string of the molecule is NNc1cccc(Nc2ccc3ccccc3c2)n1. The lowest BCUT2D eigenvalue weighted by Gasteiger charge is -2.08. The number of hydrogen-bond donors (Lipinski definition) is 3. The van der Waals surface area contributed by atoms with Gasteiger partial charge in [-0.1, -0.05) is 36.4 Å². The third-order valence-electron chi connectivity index (χ3n) is 2.92. The number of benzene rings is 2. The molecule has 0 saturated carbocycles. The van der Waals surface area contributed by atoms with Gasteiger partial charge in [0.05, 0.1) is 0 Å². The summed E-state index contributed by atoms with van der Waals surface area (Å²) >= 11 is 0. The molecule has 0 saturated heterocycles. The first kappa shape index (κ1) is 11.5. The van der Waals surface area contributed by atoms with Crippen LogP contribution in [0.15, 0.2) is 60.7 Å². The van der Waals surface area contributed by atoms with Crippen molar-refractivity contribution in [2.75, 3.05) is 10.7 Å². The Morgan fingerprint density at radius 3 is 2.42 bits per heavy atom. The van der Waals surface area contributed by atoms with E-state index in [0.29, 0.717) is 5.82 Å². The second-order valence-electron chi connectivity index (χ2n) is 4.24. The number of rotatable bonds is 3. The average molecular weight is 250 g/mol. The maximum atomic E-state index is 5.35. The molecular weight excluding hydrogens is 236 g/mol. The van der Waals surface area contributed by atoms with Gasteiger partial charge >= 0.3 is 0 Å². The fourth-order valence-electron chi connectivity index (χ4n) is 2.00. The fourth-order valence-corrected chi connectivity index (χ4v) is 2.00. The molecule has 2 aromatic carbocycles. The Morgan fingerprint density at radius 2 is 1.58 bits per heavy atom. The molecule has 0 radical (unpaired) electrons. The Morgan fingerprint density at radius 1 is 0.789 bits per heavy atom. The van der Waals surface area contributed by atoms with Gasteiger partial charge < -0.3 is 10.7 Å². The number of anilines is 3. The van der Waals surface area contributed by atoms with Crippen LogP contribution in [-0.4, -0.2) is 4.98 Å². The quantitative estimate of drug-likeness (QED) is 0.493. The van der Waals surface area contributed by atoms with Crippen molar-refractivity contribution in [2.45, 2.75) is 0 Å². The van der Waals surface area contributed by atoms with Gasteiger partial charge in [0, 0.05) is 5.69 Å². The van der Waals surface area contributed by atoms with Crippen molar-refractivity contribution >= 4 is 28.1 Å². The van der Waals surface area contributed by atoms with E-state index >= 15 is 0 Å². The normalized spacial score (nSPS) is 10.4. The standard InChI is InChI=1S/C15H14N4/c16-19-15-7-3-6-14(18-15)17-13-9-8-11-4-1-2-5-12(11)10-13/h1-10H,16H2,(H2,17,18,19). The summed E-state index contributed by atoms with van der Waals surface area (Å²) in [6.45, 7) is 0. The topological polar surface area (TPSA) is 63.0 Å². The Labute approximate surface area is 111 Å². The molecule has 0 aliphatic heterocycles. The van der Waals surface area contributed by atoms with Crippen molar-refractivity contribution in [1.29, 1.82) is 0 Å². The second-order valence-corrected chi connectivity index (χ2v) is 4.24. The molecular formula is C15H14N4. The lowest BCUT2D eigenvalue weighted by Crippen LogP contribution is -2.08. The molecule has 0 aliphatic carbocycles. The summed E-state index contributed by atoms with van der Waals surface area (Å²) in [5, 5.41) is 5.68. The summed E-state index contributed by atoms with van der Waals surface area (Å²) in [5.74, 6) is 6.73. The molecule has 0 amide bonds. The monoisotopic (exact) mass is 250 g/mol. The highest BCUT2D eigenvalue weighted by Gasteiger charge is 1.99. The summed E-state index contributed by atoms with van der Waals surface area (Å²) in [6.07, 6.45) is 0. The highest BCUT2D eigenvalue weighted by molar-refractivity contribution is 5.86. The van der Waals surface area contributed by atoms with Crippen LogP contribution in [0, 0.1) is 0 Å². The van der Waals surface area contributed by atoms with E-state index in [1.807, 2.05) is 36.4 Å². The molecule has 4 nitrogen and oxygen atoms in total. The van der Waals surface area contributed by atoms with Gasteiger partial charge in [0.1, 0.15) is 11.6 Å². The maximum absolute atomic E-state index is 5.35. The lowest BCUT2D eigenvalue weighted by atomic mass is 10.1. The highest BCUT2D eigenvalue weighted by atomic mass is 15.3. The molecule has 0 fully saturated rings. The van der Waals surface area contributed by atoms with Crippen LogP contribution in [0.5, 0.6) is 0 Å². The number of aromatic nitrogens is 1. The van der Waals surface area contributed by atoms with E-state index in [1.165, 1.54) is 10.8 Å². The van der Waals surface area contributed by atoms with Gasteiger partial charge in [-0.15, -0.1) is 0 Å². The van der Waals surface area contributed by atoms with Crippen LogP contribution in [0.2, 0.25) is 0 Å². The van der Waals surface area contributed by atoms with E-state index in [1.54, 1.807) is 0 Å². The minimum atomic E-state index is 0.630. The van der Waals surface area contributed by atoms with Crippen molar-refractivity contribution in [1.82, 2.24) is 4.98 Å². The average Bonchev–Trinajstić information content (AvgIpc) is 2.47. The first-order valence-corrected chi connectivity index (χ1v) is 6.05. The summed E-state index contributed by atoms with van der Waals surface area (Å²) in [5.41, 5.74) is 3.53. The minimum Gasteiger partial charge on any atom is -0.340 e. The molecule has 0 atom stereocenters. The van der Waals surface area contributed by atoms with Crippen LogP contribution in [0.4, 0.5) is 17.3 Å². The highest BCUT2D eigenvalue weighted by Crippen LogP contribution is 2.21. The zero-order chi connectivity index (χ0) is 13.1. The number of nitrogens with one attached hydrogen (secondary N) is 2. The molecule has 1 aromatic heterocycles. The van der Waals surface area contributed by atoms with Crippen LogP contribution in [0.3, 0.4) is 0 Å². The van der Waals surface area contributed by atoms with Crippen LogP contribution < -0.4 is 16.6 Å². The minimum absolute atomic E-state index is 0.630. The largest absolute Gasteiger partial charge is 0.340 e. The van der Waals surface area contributed by atoms with Crippen molar-refractivity contribution in [3.05, 3.63) is 60.7 Å². The molecule has 0 unspecified atom stereocenters. The summed E-state index contributed by atoms with van der Waals surface area (Å²) in [6, 6.07) is 20.1. The molecule has 3 aromatic rings. The number of hydrazine groups is 1. The van der Waals surface area contributed by atoms with Gasteiger partial charge in [0.25, 0.3) is 0 Å². The fraction of sp³-hybridized carbons (Fsp3) is 0. The van der Waals surface area contributed by atoms with Gasteiger partial charge in [-0.25, -0.2) is 10.8 Å². The summed E-state index contributed by atoms with van der Waals surface area (Å²) in [4.78, 5) is 4.32. The van der Waals surface area contributed by atoms with Gasteiger partial charge in [0.2, 0.25) is 0 Å². The van der Waals surface area contributed by atoms with Crippen molar-refractivity contribution in [3.8, 4) is 0 Å². The molecule has 94 valence electrons. The molecule has 19 heavy (non-hydrogen) atoms. The molecule has 4 N–H and O–H groups in total. The Kier molecular flexibility index (Phi) is 3.00. The number of pyridine rings is 1. The Balaban J connectivity index is 1.92. The first-order valence-electron chi connectivity index (χ1n) is 6.05. The number of nitrogens with two attached hydrogens (primary N) is 1. The van der Waals surface area contributed by atoms with E-state index in [-0.39, 0.29) is 0 Å². The van der Waals surface area contributed by atoms with E-state index in [0.717, 1.165) is 11.5 Å². The van der Waals surface area contributed by atoms with Crippen LogP contribution in [-0.2, 0) is 0 Å². The van der Waals surface area contributed by atoms with E-state index in [2.05, 4.69) is 40.0 Å². The van der Waals surface area contributed by atoms with Crippen LogP contribution >= 0.6 is 0 Å². The first-order chi connectivity index (χ1) is 9.35. The van der Waals surface area contributed by atoms with Crippen molar-refractivity contribution in [2.24, 2.45) is 5.84 Å². The predicted octanol–water partition coefficient (Wildman–Crippen LogP) is 3.26. The molecule has 0 spiro atoms. The Bertz CT molecular complexity index is 709. The van der Waals surface area contributed by atoms with E-state index < -0.39 is 0 Å². The summed E-state index contributed by atoms with van der Waals surface area (Å²) in [7, 11) is 0. The third kappa shape index (κ3) is 2.48. The number of fused-ring (bicyclic) bond motifs is 1. The van der Waals surface area contributed by atoms with Gasteiger partial charge in [-0.05, 0) is 35.0 Å². The van der Waals surface area contributed by atoms with Crippen LogP contribution in [0.25, 0.3) is 10.8 Å². The van der Waals surface area contributed by atoms with Crippen LogP contribution in [0.1, 0.15) is 0 Å². The smallest absolute Gasteiger partial charge is 0.142 e. The number of nitrogen functional groups attached to an aromatic ring is 1. The summed E-state index contributed by atoms with van der Waals surface area (Å²) < 4.78 is 0.